The van der Waals surface area contributed by atoms with E-state index in [-0.39, 0.29) is 12.6 Å². The van der Waals surface area contributed by atoms with Gasteiger partial charge < -0.3 is 4.90 Å². The lowest BCUT2D eigenvalue weighted by atomic mass is 10.0. The molecule has 0 aromatic carbocycles. The third-order valence-corrected chi connectivity index (χ3v) is 3.67. The van der Waals surface area contributed by atoms with Gasteiger partial charge in [-0.1, -0.05) is 0 Å². The highest BCUT2D eigenvalue weighted by molar-refractivity contribution is 7.80. The molecule has 2 fully saturated rings. The SMILES string of the molecule is Cn1nnc([C@@H]2CC[C@@H]3CN2C(=O)N3OS(=O)(=O)O)n1. The standard InChI is InChI=1S/C8H12N6O5S/c1-12-10-7(9-11-12)6-3-2-5-4-13(6)8(15)14(5)19-20(16,17)18/h5-6H,2-4H2,1H3,(H,16,17,18)/t5-,6+/m1/s1. The van der Waals surface area contributed by atoms with E-state index in [1.54, 1.807) is 7.05 Å². The van der Waals surface area contributed by atoms with E-state index in [1.807, 2.05) is 0 Å². The molecule has 2 atom stereocenters. The fraction of sp³-hybridized carbons (Fsp3) is 0.750. The van der Waals surface area contributed by atoms with Gasteiger partial charge in [0.25, 0.3) is 0 Å². The lowest BCUT2D eigenvalue weighted by molar-refractivity contribution is -0.0317. The van der Waals surface area contributed by atoms with Gasteiger partial charge in [-0.3, -0.25) is 4.55 Å². The molecule has 0 spiro atoms. The monoisotopic (exact) mass is 304 g/mol. The van der Waals surface area contributed by atoms with Crippen molar-refractivity contribution in [3.63, 3.8) is 0 Å². The van der Waals surface area contributed by atoms with Crippen molar-refractivity contribution in [2.75, 3.05) is 6.54 Å². The number of aromatic nitrogens is 4. The first kappa shape index (κ1) is 13.2. The van der Waals surface area contributed by atoms with Crippen LogP contribution in [0.1, 0.15) is 24.7 Å². The molecule has 110 valence electrons. The van der Waals surface area contributed by atoms with Gasteiger partial charge in [0, 0.05) is 6.54 Å². The zero-order chi connectivity index (χ0) is 14.5. The first-order chi connectivity index (χ1) is 9.35. The zero-order valence-electron chi connectivity index (χ0n) is 10.4. The summed E-state index contributed by atoms with van der Waals surface area (Å²) in [6, 6.07) is -1.43. The summed E-state index contributed by atoms with van der Waals surface area (Å²) in [6.07, 6.45) is 1.08. The summed E-state index contributed by atoms with van der Waals surface area (Å²) in [6.45, 7) is 0.289. The lowest BCUT2D eigenvalue weighted by Crippen LogP contribution is -2.35. The van der Waals surface area contributed by atoms with Gasteiger partial charge in [-0.25, -0.2) is 4.79 Å². The van der Waals surface area contributed by atoms with Crippen LogP contribution in [0.15, 0.2) is 0 Å². The second kappa shape index (κ2) is 4.36. The first-order valence-corrected chi connectivity index (χ1v) is 7.22. The van der Waals surface area contributed by atoms with Gasteiger partial charge in [0.2, 0.25) is 0 Å². The summed E-state index contributed by atoms with van der Waals surface area (Å²) < 4.78 is 34.5. The van der Waals surface area contributed by atoms with Crippen LogP contribution in [0.25, 0.3) is 0 Å². The van der Waals surface area contributed by atoms with Crippen LogP contribution in [0.4, 0.5) is 4.79 Å². The smallest absolute Gasteiger partial charge is 0.310 e. The number of aryl methyl sites for hydroxylation is 1. The van der Waals surface area contributed by atoms with Gasteiger partial charge in [0.05, 0.1) is 19.1 Å². The topological polar surface area (TPSA) is 131 Å². The number of nitrogens with zero attached hydrogens (tertiary/aromatic N) is 6. The predicted octanol–water partition coefficient (Wildman–Crippen LogP) is -1.11. The molecule has 20 heavy (non-hydrogen) atoms. The van der Waals surface area contributed by atoms with Crippen molar-refractivity contribution in [2.24, 2.45) is 7.05 Å². The molecule has 11 nitrogen and oxygen atoms in total. The van der Waals surface area contributed by atoms with Crippen molar-refractivity contribution in [1.82, 2.24) is 30.2 Å². The average molecular weight is 304 g/mol. The number of piperidine rings is 1. The molecule has 1 aromatic rings. The maximum atomic E-state index is 12.1. The Hall–Kier alpha value is -1.79. The molecule has 2 aliphatic rings. The van der Waals surface area contributed by atoms with Gasteiger partial charge in [-0.05, 0) is 18.1 Å². The number of hydroxylamine groups is 2. The van der Waals surface area contributed by atoms with Gasteiger partial charge >= 0.3 is 16.4 Å². The fourth-order valence-corrected chi connectivity index (χ4v) is 2.92. The Morgan fingerprint density at radius 2 is 2.15 bits per heavy atom. The molecule has 0 saturated carbocycles. The van der Waals surface area contributed by atoms with E-state index < -0.39 is 22.5 Å². The van der Waals surface area contributed by atoms with Crippen LogP contribution in [0.5, 0.6) is 0 Å². The highest BCUT2D eigenvalue weighted by Gasteiger charge is 2.48. The van der Waals surface area contributed by atoms with E-state index in [0.717, 1.165) is 0 Å². The van der Waals surface area contributed by atoms with Crippen LogP contribution in [0, 0.1) is 0 Å². The van der Waals surface area contributed by atoms with Crippen LogP contribution in [-0.4, -0.2) is 61.8 Å². The van der Waals surface area contributed by atoms with Gasteiger partial charge in [-0.15, -0.1) is 14.5 Å². The number of carbonyl (C=O) groups excluding carboxylic acids is 1. The summed E-state index contributed by atoms with van der Waals surface area (Å²) >= 11 is 0. The third kappa shape index (κ3) is 2.21. The Morgan fingerprint density at radius 3 is 2.75 bits per heavy atom. The molecular weight excluding hydrogens is 292 g/mol. The largest absolute Gasteiger partial charge is 0.418 e. The van der Waals surface area contributed by atoms with Crippen LogP contribution < -0.4 is 0 Å². The molecule has 2 bridgehead atoms. The number of urea groups is 1. The first-order valence-electron chi connectivity index (χ1n) is 5.86. The van der Waals surface area contributed by atoms with E-state index >= 15 is 0 Å². The molecule has 1 aromatic heterocycles. The fourth-order valence-electron chi connectivity index (χ4n) is 2.53. The van der Waals surface area contributed by atoms with Crippen molar-refractivity contribution in [2.45, 2.75) is 24.9 Å². The predicted molar refractivity (Wildman–Crippen MR) is 61.1 cm³/mol. The minimum Gasteiger partial charge on any atom is -0.310 e. The van der Waals surface area contributed by atoms with Gasteiger partial charge in [0.1, 0.15) is 0 Å². The van der Waals surface area contributed by atoms with E-state index in [1.165, 1.54) is 9.70 Å². The number of tetrazole rings is 1. The summed E-state index contributed by atoms with van der Waals surface area (Å²) in [4.78, 5) is 14.8. The molecule has 2 aliphatic heterocycles. The lowest BCUT2D eigenvalue weighted by Gasteiger charge is -2.27. The number of amides is 2. The molecular formula is C8H12N6O5S. The Balaban J connectivity index is 1.84. The Bertz CT molecular complexity index is 644. The number of hydrogen-bond acceptors (Lipinski definition) is 7. The highest BCUT2D eigenvalue weighted by atomic mass is 32.3. The summed E-state index contributed by atoms with van der Waals surface area (Å²) in [7, 11) is -3.11. The summed E-state index contributed by atoms with van der Waals surface area (Å²) in [5.74, 6) is 0.396. The highest BCUT2D eigenvalue weighted by Crippen LogP contribution is 2.37. The van der Waals surface area contributed by atoms with E-state index in [2.05, 4.69) is 19.7 Å². The minimum atomic E-state index is -4.73. The molecule has 2 amide bonds. The Labute approximate surface area is 114 Å². The maximum Gasteiger partial charge on any atom is 0.418 e. The van der Waals surface area contributed by atoms with Crippen molar-refractivity contribution < 1.29 is 22.0 Å². The molecule has 2 saturated heterocycles. The second-order valence-electron chi connectivity index (χ2n) is 4.65. The molecule has 12 heteroatoms. The molecule has 0 unspecified atom stereocenters. The Kier molecular flexibility index (Phi) is 2.88. The molecule has 0 aliphatic carbocycles. The summed E-state index contributed by atoms with van der Waals surface area (Å²) in [5.41, 5.74) is 0. The number of carbonyl (C=O) groups is 1. The van der Waals surface area contributed by atoms with Crippen molar-refractivity contribution >= 4 is 16.4 Å². The number of hydrogen-bond donors (Lipinski definition) is 1. The quantitative estimate of drug-likeness (QED) is 0.695. The van der Waals surface area contributed by atoms with Crippen LogP contribution in [0.2, 0.25) is 0 Å². The van der Waals surface area contributed by atoms with Crippen LogP contribution in [0.3, 0.4) is 0 Å². The van der Waals surface area contributed by atoms with Crippen LogP contribution in [-0.2, 0) is 21.7 Å². The summed E-state index contributed by atoms with van der Waals surface area (Å²) in [5, 5.41) is 12.3. The van der Waals surface area contributed by atoms with Crippen molar-refractivity contribution in [3.05, 3.63) is 5.82 Å². The van der Waals surface area contributed by atoms with Gasteiger partial charge in [-0.2, -0.15) is 18.3 Å². The van der Waals surface area contributed by atoms with Crippen LogP contribution >= 0.6 is 0 Å². The molecule has 3 rings (SSSR count). The minimum absolute atomic E-state index is 0.289. The van der Waals surface area contributed by atoms with E-state index in [4.69, 9.17) is 4.55 Å². The second-order valence-corrected chi connectivity index (χ2v) is 5.65. The van der Waals surface area contributed by atoms with Crippen molar-refractivity contribution in [3.8, 4) is 0 Å². The number of fused-ring (bicyclic) bond motifs is 2. The number of rotatable bonds is 3. The maximum absolute atomic E-state index is 12.1. The molecule has 1 N–H and O–H groups in total. The Morgan fingerprint density at radius 1 is 1.40 bits per heavy atom. The van der Waals surface area contributed by atoms with Crippen molar-refractivity contribution in [1.29, 1.82) is 0 Å². The zero-order valence-corrected chi connectivity index (χ0v) is 11.3. The normalized spacial score (nSPS) is 26.4. The van der Waals surface area contributed by atoms with E-state index in [9.17, 15) is 13.2 Å². The van der Waals surface area contributed by atoms with Gasteiger partial charge in [0.15, 0.2) is 5.82 Å². The molecule has 0 radical (unpaired) electrons. The average Bonchev–Trinajstić information content (AvgIpc) is 2.88. The third-order valence-electron chi connectivity index (χ3n) is 3.32. The molecule has 3 heterocycles. The van der Waals surface area contributed by atoms with E-state index in [0.29, 0.717) is 23.7 Å².